The van der Waals surface area contributed by atoms with E-state index in [2.05, 4.69) is 76.9 Å². The lowest BCUT2D eigenvalue weighted by Gasteiger charge is -2.44. The van der Waals surface area contributed by atoms with E-state index >= 15 is 0 Å². The molecule has 0 spiro atoms. The maximum absolute atomic E-state index is 4.90. The first kappa shape index (κ1) is 26.2. The molecular formula is C36H34N6. The third-order valence-corrected chi connectivity index (χ3v) is 10.1. The van der Waals surface area contributed by atoms with Crippen LogP contribution in [-0.2, 0) is 10.8 Å². The fraction of sp³-hybridized carbons (Fsp3) is 0.250. The summed E-state index contributed by atoms with van der Waals surface area (Å²) in [6, 6.07) is 28.9. The number of hydrogen-bond acceptors (Lipinski definition) is 5. The highest BCUT2D eigenvalue weighted by molar-refractivity contribution is 5.77. The number of nitrogens with zero attached hydrogens (tertiary/aromatic N) is 6. The first-order valence-electron chi connectivity index (χ1n) is 14.4. The van der Waals surface area contributed by atoms with Gasteiger partial charge in [-0.2, -0.15) is 9.97 Å². The Hall–Kier alpha value is -4.71. The lowest BCUT2D eigenvalue weighted by atomic mass is 9.59. The number of fused-ring (bicyclic) bond motifs is 2. The van der Waals surface area contributed by atoms with Gasteiger partial charge in [-0.1, -0.05) is 96.1 Å². The normalized spacial score (nSPS) is 16.4. The molecule has 0 radical (unpaired) electrons. The van der Waals surface area contributed by atoms with Crippen LogP contribution >= 0.6 is 0 Å². The number of imidazole rings is 1. The summed E-state index contributed by atoms with van der Waals surface area (Å²) in [4.78, 5) is 24.0. The zero-order chi connectivity index (χ0) is 29.3. The third kappa shape index (κ3) is 3.82. The molecule has 7 rings (SSSR count). The Morgan fingerprint density at radius 2 is 1.24 bits per heavy atom. The molecule has 6 nitrogen and oxygen atoms in total. The molecule has 3 aromatic carbocycles. The predicted octanol–water partition coefficient (Wildman–Crippen LogP) is 8.20. The Balaban J connectivity index is 1.30. The van der Waals surface area contributed by atoms with Crippen molar-refractivity contribution in [3.8, 4) is 40.0 Å². The van der Waals surface area contributed by atoms with E-state index in [9.17, 15) is 0 Å². The standard InChI is InChI=1S/C36H34N6/c1-34(2)26-18-16-24(20-27(26)35(3,4)36(34,5)6)28-19-17-25(21-37-28)32-39-31(23-12-8-7-9-13-23)40-33(41-32)42-22-38-29-14-10-11-15-30(29)42/h7-22H,1-6H3. The molecule has 3 heterocycles. The van der Waals surface area contributed by atoms with Gasteiger partial charge in [-0.05, 0) is 57.7 Å². The molecule has 1 aliphatic rings. The minimum absolute atomic E-state index is 0.0361. The summed E-state index contributed by atoms with van der Waals surface area (Å²) >= 11 is 0. The fourth-order valence-electron chi connectivity index (χ4n) is 6.35. The van der Waals surface area contributed by atoms with Crippen molar-refractivity contribution in [1.29, 1.82) is 0 Å². The van der Waals surface area contributed by atoms with Crippen LogP contribution in [0.1, 0.15) is 52.7 Å². The Morgan fingerprint density at radius 1 is 0.571 bits per heavy atom. The summed E-state index contributed by atoms with van der Waals surface area (Å²) in [7, 11) is 0. The van der Waals surface area contributed by atoms with E-state index in [0.29, 0.717) is 17.6 Å². The largest absolute Gasteiger partial charge is 0.267 e. The summed E-state index contributed by atoms with van der Waals surface area (Å²) in [6.45, 7) is 14.2. The summed E-state index contributed by atoms with van der Waals surface area (Å²) in [5.41, 5.74) is 8.68. The van der Waals surface area contributed by atoms with Crippen molar-refractivity contribution in [1.82, 2.24) is 29.5 Å². The van der Waals surface area contributed by atoms with Gasteiger partial charge in [-0.25, -0.2) is 9.97 Å². The molecule has 0 amide bonds. The molecule has 0 bridgehead atoms. The maximum Gasteiger partial charge on any atom is 0.239 e. The number of pyridine rings is 1. The lowest BCUT2D eigenvalue weighted by molar-refractivity contribution is 0.125. The van der Waals surface area contributed by atoms with Crippen molar-refractivity contribution in [2.75, 3.05) is 0 Å². The van der Waals surface area contributed by atoms with Gasteiger partial charge >= 0.3 is 0 Å². The van der Waals surface area contributed by atoms with E-state index < -0.39 is 0 Å². The zero-order valence-corrected chi connectivity index (χ0v) is 24.9. The van der Waals surface area contributed by atoms with Crippen LogP contribution in [-0.4, -0.2) is 29.5 Å². The zero-order valence-electron chi connectivity index (χ0n) is 24.9. The quantitative estimate of drug-likeness (QED) is 0.221. The average molecular weight is 551 g/mol. The van der Waals surface area contributed by atoms with Crippen molar-refractivity contribution < 1.29 is 0 Å². The minimum Gasteiger partial charge on any atom is -0.267 e. The van der Waals surface area contributed by atoms with Crippen molar-refractivity contribution in [2.45, 2.75) is 52.4 Å². The van der Waals surface area contributed by atoms with Gasteiger partial charge in [0.2, 0.25) is 5.95 Å². The van der Waals surface area contributed by atoms with E-state index in [-0.39, 0.29) is 16.2 Å². The van der Waals surface area contributed by atoms with Crippen LogP contribution in [0.4, 0.5) is 0 Å². The second-order valence-corrected chi connectivity index (χ2v) is 12.8. The van der Waals surface area contributed by atoms with Crippen LogP contribution < -0.4 is 0 Å². The van der Waals surface area contributed by atoms with Crippen LogP contribution in [0.15, 0.2) is 97.5 Å². The van der Waals surface area contributed by atoms with Gasteiger partial charge in [0.05, 0.1) is 16.7 Å². The predicted molar refractivity (Wildman–Crippen MR) is 168 cm³/mol. The van der Waals surface area contributed by atoms with E-state index in [1.165, 1.54) is 11.1 Å². The van der Waals surface area contributed by atoms with Gasteiger partial charge in [0, 0.05) is 22.9 Å². The van der Waals surface area contributed by atoms with Crippen molar-refractivity contribution in [2.24, 2.45) is 5.41 Å². The first-order valence-corrected chi connectivity index (χ1v) is 14.4. The number of aromatic nitrogens is 6. The van der Waals surface area contributed by atoms with Crippen LogP contribution in [0.5, 0.6) is 0 Å². The Kier molecular flexibility index (Phi) is 5.71. The highest BCUT2D eigenvalue weighted by atomic mass is 15.2. The van der Waals surface area contributed by atoms with Gasteiger partial charge in [0.25, 0.3) is 0 Å². The van der Waals surface area contributed by atoms with Crippen molar-refractivity contribution in [3.63, 3.8) is 0 Å². The molecular weight excluding hydrogens is 516 g/mol. The smallest absolute Gasteiger partial charge is 0.239 e. The van der Waals surface area contributed by atoms with Crippen molar-refractivity contribution in [3.05, 3.63) is 109 Å². The molecule has 42 heavy (non-hydrogen) atoms. The molecule has 0 atom stereocenters. The monoisotopic (exact) mass is 550 g/mol. The fourth-order valence-corrected chi connectivity index (χ4v) is 6.35. The number of para-hydroxylation sites is 2. The number of benzene rings is 3. The molecule has 0 saturated heterocycles. The highest BCUT2D eigenvalue weighted by Gasteiger charge is 2.56. The summed E-state index contributed by atoms with van der Waals surface area (Å²) in [5, 5.41) is 0. The molecule has 0 aliphatic heterocycles. The Morgan fingerprint density at radius 3 is 1.98 bits per heavy atom. The van der Waals surface area contributed by atoms with Gasteiger partial charge in [-0.15, -0.1) is 0 Å². The third-order valence-electron chi connectivity index (χ3n) is 10.1. The molecule has 6 heteroatoms. The molecule has 3 aromatic heterocycles. The van der Waals surface area contributed by atoms with Gasteiger partial charge in [0.1, 0.15) is 6.33 Å². The Bertz CT molecular complexity index is 1950. The van der Waals surface area contributed by atoms with E-state index in [4.69, 9.17) is 19.9 Å². The van der Waals surface area contributed by atoms with E-state index in [1.54, 1.807) is 6.33 Å². The van der Waals surface area contributed by atoms with Gasteiger partial charge in [-0.3, -0.25) is 9.55 Å². The second-order valence-electron chi connectivity index (χ2n) is 12.8. The van der Waals surface area contributed by atoms with E-state index in [1.807, 2.05) is 65.4 Å². The second kappa shape index (κ2) is 9.15. The maximum atomic E-state index is 4.90. The number of rotatable bonds is 4. The molecule has 0 unspecified atom stereocenters. The van der Waals surface area contributed by atoms with Gasteiger partial charge < -0.3 is 0 Å². The summed E-state index contributed by atoms with van der Waals surface area (Å²) in [6.07, 6.45) is 3.62. The van der Waals surface area contributed by atoms with Crippen molar-refractivity contribution >= 4 is 11.0 Å². The molecule has 208 valence electrons. The summed E-state index contributed by atoms with van der Waals surface area (Å²) < 4.78 is 1.91. The number of hydrogen-bond donors (Lipinski definition) is 0. The van der Waals surface area contributed by atoms with E-state index in [0.717, 1.165) is 33.4 Å². The highest BCUT2D eigenvalue weighted by Crippen LogP contribution is 2.61. The molecule has 0 N–H and O–H groups in total. The minimum atomic E-state index is 0.0361. The molecule has 1 aliphatic carbocycles. The summed E-state index contributed by atoms with van der Waals surface area (Å²) in [5.74, 6) is 1.68. The average Bonchev–Trinajstić information content (AvgIpc) is 3.48. The molecule has 0 saturated carbocycles. The first-order chi connectivity index (χ1) is 20.1. The molecule has 6 aromatic rings. The Labute approximate surface area is 246 Å². The van der Waals surface area contributed by atoms with Gasteiger partial charge in [0.15, 0.2) is 11.6 Å². The van der Waals surface area contributed by atoms with Crippen LogP contribution in [0, 0.1) is 5.41 Å². The van der Waals surface area contributed by atoms with Crippen LogP contribution in [0.2, 0.25) is 0 Å². The topological polar surface area (TPSA) is 69.4 Å². The van der Waals surface area contributed by atoms with Crippen LogP contribution in [0.25, 0.3) is 51.0 Å². The van der Waals surface area contributed by atoms with Crippen LogP contribution in [0.3, 0.4) is 0 Å². The molecule has 0 fully saturated rings. The lowest BCUT2D eigenvalue weighted by Crippen LogP contribution is -2.42. The SMILES string of the molecule is CC1(C)c2ccc(-c3ccc(-c4nc(-c5ccccc5)nc(-n5cnc6ccccc65)n4)cn3)cc2C(C)(C)C1(C)C.